The second kappa shape index (κ2) is 13.9. The topological polar surface area (TPSA) is 132 Å². The number of benzene rings is 2. The van der Waals surface area contributed by atoms with Crippen LogP contribution in [0.2, 0.25) is 0 Å². The van der Waals surface area contributed by atoms with E-state index in [1.807, 2.05) is 6.07 Å². The fourth-order valence-corrected chi connectivity index (χ4v) is 6.76. The molecular weight excluding hydrogens is 648 g/mol. The molecule has 2 N–H and O–H groups in total. The number of aromatic nitrogens is 2. The molecule has 0 spiro atoms. The Labute approximate surface area is 275 Å². The van der Waals surface area contributed by atoms with Crippen molar-refractivity contribution in [3.8, 4) is 11.8 Å². The number of nitriles is 1. The van der Waals surface area contributed by atoms with E-state index in [2.05, 4.69) is 10.4 Å². The predicted octanol–water partition coefficient (Wildman–Crippen LogP) is 3.74. The molecule has 247 valence electrons. The Morgan fingerprint density at radius 1 is 1.17 bits per heavy atom. The molecule has 0 saturated carbocycles. The number of allylic oxidation sites excluding steroid dienone is 3. The van der Waals surface area contributed by atoms with Crippen LogP contribution in [0.15, 0.2) is 78.3 Å². The maximum Gasteiger partial charge on any atom is 0.416 e. The summed E-state index contributed by atoms with van der Waals surface area (Å²) in [5.74, 6) is -3.76. The Morgan fingerprint density at radius 2 is 1.90 bits per heavy atom. The first-order chi connectivity index (χ1) is 22.9. The first kappa shape index (κ1) is 34.1. The number of alkyl halides is 3. The molecule has 10 nitrogen and oxygen atoms in total. The summed E-state index contributed by atoms with van der Waals surface area (Å²) in [5.41, 5.74) is 0.413. The van der Waals surface area contributed by atoms with Crippen molar-refractivity contribution in [3.05, 3.63) is 101 Å². The van der Waals surface area contributed by atoms with E-state index < -0.39 is 53.3 Å². The van der Waals surface area contributed by atoms with Crippen molar-refractivity contribution in [3.63, 3.8) is 0 Å². The number of carbonyl (C=O) groups is 3. The highest BCUT2D eigenvalue weighted by Crippen LogP contribution is 2.42. The number of fused-ring (bicyclic) bond motifs is 1. The molecule has 0 aliphatic carbocycles. The summed E-state index contributed by atoms with van der Waals surface area (Å²) in [6, 6.07) is 11.9. The molecule has 2 aliphatic heterocycles. The van der Waals surface area contributed by atoms with Crippen LogP contribution in [0.4, 0.5) is 23.4 Å². The van der Waals surface area contributed by atoms with E-state index >= 15 is 0 Å². The van der Waals surface area contributed by atoms with Crippen molar-refractivity contribution in [2.45, 2.75) is 37.5 Å². The van der Waals surface area contributed by atoms with Gasteiger partial charge in [0, 0.05) is 43.7 Å². The highest BCUT2D eigenvalue weighted by atomic mass is 28.2. The average molecular weight is 678 g/mol. The fraction of sp³-hybridized carbons (Fsp3) is 0.273. The quantitative estimate of drug-likeness (QED) is 0.262. The summed E-state index contributed by atoms with van der Waals surface area (Å²) in [4.78, 5) is 44.6. The van der Waals surface area contributed by atoms with Gasteiger partial charge < -0.3 is 15.3 Å². The highest BCUT2D eigenvalue weighted by Gasteiger charge is 2.48. The Hall–Kier alpha value is -5.20. The van der Waals surface area contributed by atoms with Crippen molar-refractivity contribution >= 4 is 37.8 Å². The summed E-state index contributed by atoms with van der Waals surface area (Å²) in [6.45, 7) is 1.34. The molecule has 3 atom stereocenters. The zero-order valence-electron chi connectivity index (χ0n) is 25.7. The summed E-state index contributed by atoms with van der Waals surface area (Å²) in [6.07, 6.45) is -2.15. The molecule has 0 bridgehead atoms. The maximum absolute atomic E-state index is 14.4. The molecule has 0 fully saturated rings. The number of aliphatic hydroxyl groups is 1. The maximum atomic E-state index is 14.4. The minimum Gasteiger partial charge on any atom is -0.396 e. The standard InChI is InChI=1S/C33H29F4N6O4Si/c1-3-42-30-26(28(31(46)41(2)23(17-38)14-15-44)40-43(30)22-10-5-4-6-11-22)25(24-13-12-21(34)18-48-24)27(32(42)47)39-29(45)19-8-7-9-20(16-19)33(35,36)37/h4-13,16,18,23,25,27,44H,3,14-15H2,1-2H3,(H,39,45)/t23?,25-,27-/m0/s1. The van der Waals surface area contributed by atoms with Crippen LogP contribution < -0.4 is 10.2 Å². The van der Waals surface area contributed by atoms with Gasteiger partial charge in [0.2, 0.25) is 0 Å². The van der Waals surface area contributed by atoms with Crippen molar-refractivity contribution in [1.29, 1.82) is 5.26 Å². The number of aliphatic hydroxyl groups excluding tert-OH is 1. The summed E-state index contributed by atoms with van der Waals surface area (Å²) < 4.78 is 56.1. The molecule has 3 aromatic rings. The van der Waals surface area contributed by atoms with E-state index in [0.717, 1.165) is 17.0 Å². The second-order valence-electron chi connectivity index (χ2n) is 11.0. The SMILES string of the molecule is CCN1C(=O)[C@@H](NC(=O)c2cccc(C(F)(F)F)c2)[C@@H](C2=[Si]C=C(F)C=C2)c2c(C(=O)N(C)C(C#N)CCO)nn(-c3ccccc3)c21. The third-order valence-corrected chi connectivity index (χ3v) is 9.29. The third kappa shape index (κ3) is 6.49. The molecular formula is C33H29F4N6O4Si. The van der Waals surface area contributed by atoms with Gasteiger partial charge in [-0.05, 0) is 49.0 Å². The number of hydrogen-bond donors (Lipinski definition) is 2. The van der Waals surface area contributed by atoms with E-state index in [9.17, 15) is 42.3 Å². The van der Waals surface area contributed by atoms with Crippen molar-refractivity contribution < 1.29 is 37.1 Å². The van der Waals surface area contributed by atoms with Crippen LogP contribution in [0.25, 0.3) is 5.69 Å². The number of anilines is 1. The molecule has 2 aliphatic rings. The van der Waals surface area contributed by atoms with Crippen LogP contribution in [-0.2, 0) is 11.0 Å². The average Bonchev–Trinajstić information content (AvgIpc) is 3.47. The van der Waals surface area contributed by atoms with Crippen LogP contribution in [0.1, 0.15) is 51.2 Å². The normalized spacial score (nSPS) is 18.0. The van der Waals surface area contributed by atoms with E-state index in [-0.39, 0.29) is 51.3 Å². The molecule has 0 saturated heterocycles. The Bertz CT molecular complexity index is 1880. The van der Waals surface area contributed by atoms with Gasteiger partial charge in [-0.1, -0.05) is 35.5 Å². The first-order valence-electron chi connectivity index (χ1n) is 14.8. The van der Waals surface area contributed by atoms with Crippen LogP contribution >= 0.6 is 0 Å². The number of para-hydroxylation sites is 1. The summed E-state index contributed by atoms with van der Waals surface area (Å²) in [5, 5.41) is 27.0. The highest BCUT2D eigenvalue weighted by molar-refractivity contribution is 6.63. The Kier molecular flexibility index (Phi) is 9.87. The number of nitrogens with one attached hydrogen (secondary N) is 1. The molecule has 1 aromatic heterocycles. The molecule has 5 rings (SSSR count). The molecule has 48 heavy (non-hydrogen) atoms. The van der Waals surface area contributed by atoms with Crippen LogP contribution in [0.3, 0.4) is 0 Å². The number of carbonyl (C=O) groups excluding carboxylic acids is 3. The monoisotopic (exact) mass is 677 g/mol. The molecule has 1 radical (unpaired) electrons. The number of rotatable bonds is 9. The van der Waals surface area contributed by atoms with Gasteiger partial charge in [-0.2, -0.15) is 23.5 Å². The lowest BCUT2D eigenvalue weighted by molar-refractivity contribution is -0.137. The van der Waals surface area contributed by atoms with Crippen LogP contribution in [0, 0.1) is 11.3 Å². The number of hydrogen-bond acceptors (Lipinski definition) is 6. The third-order valence-electron chi connectivity index (χ3n) is 8.06. The zero-order valence-corrected chi connectivity index (χ0v) is 26.7. The summed E-state index contributed by atoms with van der Waals surface area (Å²) in [7, 11) is 1.04. The minimum atomic E-state index is -4.72. The lowest BCUT2D eigenvalue weighted by Gasteiger charge is -2.39. The first-order valence-corrected chi connectivity index (χ1v) is 15.9. The van der Waals surface area contributed by atoms with Gasteiger partial charge >= 0.3 is 6.18 Å². The second-order valence-corrected chi connectivity index (χ2v) is 12.1. The van der Waals surface area contributed by atoms with E-state index in [1.54, 1.807) is 37.3 Å². The van der Waals surface area contributed by atoms with Crippen molar-refractivity contribution in [2.75, 3.05) is 25.1 Å². The molecule has 15 heteroatoms. The number of likely N-dealkylation sites (N-methyl/N-ethyl adjacent to an activating group) is 1. The Balaban J connectivity index is 1.74. The van der Waals surface area contributed by atoms with Gasteiger partial charge in [0.25, 0.3) is 17.7 Å². The van der Waals surface area contributed by atoms with E-state index in [1.165, 1.54) is 40.5 Å². The fourth-order valence-electron chi connectivity index (χ4n) is 5.69. The van der Waals surface area contributed by atoms with Gasteiger partial charge in [0.05, 0.1) is 26.5 Å². The van der Waals surface area contributed by atoms with Gasteiger partial charge in [-0.25, -0.2) is 9.07 Å². The number of nitrogens with zero attached hydrogens (tertiary/aromatic N) is 5. The zero-order chi connectivity index (χ0) is 34.7. The molecule has 3 amide bonds. The van der Waals surface area contributed by atoms with Gasteiger partial charge in [0.15, 0.2) is 5.69 Å². The predicted molar refractivity (Wildman–Crippen MR) is 169 cm³/mol. The van der Waals surface area contributed by atoms with Gasteiger partial charge in [0.1, 0.15) is 23.7 Å². The smallest absolute Gasteiger partial charge is 0.396 e. The van der Waals surface area contributed by atoms with Crippen LogP contribution in [-0.4, -0.2) is 84.1 Å². The lowest BCUT2D eigenvalue weighted by atomic mass is 9.82. The minimum absolute atomic E-state index is 0.0454. The largest absolute Gasteiger partial charge is 0.416 e. The van der Waals surface area contributed by atoms with E-state index in [4.69, 9.17) is 0 Å². The van der Waals surface area contributed by atoms with Crippen LogP contribution in [0.5, 0.6) is 0 Å². The van der Waals surface area contributed by atoms with Crippen molar-refractivity contribution in [1.82, 2.24) is 20.0 Å². The molecule has 1 unspecified atom stereocenters. The van der Waals surface area contributed by atoms with Crippen molar-refractivity contribution in [2.24, 2.45) is 0 Å². The Morgan fingerprint density at radius 3 is 2.50 bits per heavy atom. The lowest BCUT2D eigenvalue weighted by Crippen LogP contribution is -2.57. The number of halogens is 4. The summed E-state index contributed by atoms with van der Waals surface area (Å²) >= 11 is 0. The van der Waals surface area contributed by atoms with Gasteiger partial charge in [-0.3, -0.25) is 19.3 Å². The number of amides is 3. The molecule has 3 heterocycles. The van der Waals surface area contributed by atoms with E-state index in [0.29, 0.717) is 16.9 Å². The van der Waals surface area contributed by atoms with Gasteiger partial charge in [-0.15, -0.1) is 0 Å². The molecule has 2 aromatic carbocycles.